The number of carbonyl (C=O) groups is 1. The average molecular weight is 405 g/mol. The number of nitrogens with one attached hydrogen (secondary N) is 2. The van der Waals surface area contributed by atoms with Gasteiger partial charge in [0.05, 0.1) is 6.33 Å². The van der Waals surface area contributed by atoms with Gasteiger partial charge in [0.1, 0.15) is 18.3 Å². The van der Waals surface area contributed by atoms with Gasteiger partial charge in [-0.05, 0) is 26.2 Å². The number of hydrogen-bond donors (Lipinski definition) is 4. The topological polar surface area (TPSA) is 147 Å². The highest BCUT2D eigenvalue weighted by Crippen LogP contribution is 2.33. The van der Waals surface area contributed by atoms with Crippen LogP contribution in [0, 0.1) is 5.92 Å². The Morgan fingerprint density at radius 2 is 2.14 bits per heavy atom. The second-order valence-corrected chi connectivity index (χ2v) is 7.34. The summed E-state index contributed by atoms with van der Waals surface area (Å²) in [6.07, 6.45) is -0.761. The third kappa shape index (κ3) is 4.36. The van der Waals surface area contributed by atoms with E-state index in [0.29, 0.717) is 29.4 Å². The second-order valence-electron chi connectivity index (χ2n) is 7.34. The molecule has 0 spiro atoms. The summed E-state index contributed by atoms with van der Waals surface area (Å²) < 4.78 is 7.09. The first-order valence-electron chi connectivity index (χ1n) is 9.61. The molecular formula is C18H27N7O4. The maximum Gasteiger partial charge on any atom is 0.247 e. The number of Topliss-reactive ketones (excluding diaryl/α,β-unsaturated/α-hetero) is 1. The van der Waals surface area contributed by atoms with Crippen LogP contribution < -0.4 is 10.7 Å². The van der Waals surface area contributed by atoms with E-state index in [2.05, 4.69) is 44.6 Å². The van der Waals surface area contributed by atoms with Crippen LogP contribution in [0.1, 0.15) is 40.3 Å². The molecule has 1 fully saturated rings. The van der Waals surface area contributed by atoms with E-state index in [4.69, 9.17) is 4.74 Å². The molecule has 3 heterocycles. The molecule has 0 amide bonds. The Balaban J connectivity index is 1.96. The van der Waals surface area contributed by atoms with Gasteiger partial charge in [0.2, 0.25) is 5.95 Å². The number of rotatable bonds is 8. The van der Waals surface area contributed by atoms with E-state index in [1.807, 2.05) is 6.92 Å². The molecule has 4 atom stereocenters. The Labute approximate surface area is 168 Å². The number of ether oxygens (including phenoxy) is 1. The van der Waals surface area contributed by atoms with E-state index in [9.17, 15) is 15.0 Å². The van der Waals surface area contributed by atoms with Crippen molar-refractivity contribution in [2.24, 2.45) is 11.0 Å². The van der Waals surface area contributed by atoms with E-state index < -0.39 is 24.5 Å². The number of aromatic nitrogens is 4. The largest absolute Gasteiger partial charge is 0.387 e. The molecule has 158 valence electrons. The summed E-state index contributed by atoms with van der Waals surface area (Å²) in [5, 5.41) is 27.8. The van der Waals surface area contributed by atoms with Crippen LogP contribution in [-0.2, 0) is 9.53 Å². The molecule has 1 aliphatic heterocycles. The molecule has 0 aliphatic carbocycles. The molecule has 2 aromatic heterocycles. The van der Waals surface area contributed by atoms with Crippen molar-refractivity contribution in [3.8, 4) is 0 Å². The maximum absolute atomic E-state index is 11.7. The molecule has 11 heteroatoms. The van der Waals surface area contributed by atoms with Gasteiger partial charge in [-0.2, -0.15) is 15.1 Å². The number of aliphatic hydroxyl groups is 2. The Bertz CT molecular complexity index is 898. The lowest BCUT2D eigenvalue weighted by Crippen LogP contribution is -2.34. The summed E-state index contributed by atoms with van der Waals surface area (Å²) in [5.41, 5.74) is 3.65. The van der Waals surface area contributed by atoms with Crippen molar-refractivity contribution in [2.45, 2.75) is 58.7 Å². The maximum atomic E-state index is 11.7. The van der Waals surface area contributed by atoms with Crippen molar-refractivity contribution in [3.63, 3.8) is 0 Å². The molecule has 1 saturated heterocycles. The zero-order valence-electron chi connectivity index (χ0n) is 16.9. The van der Waals surface area contributed by atoms with E-state index in [0.717, 1.165) is 6.42 Å². The third-order valence-electron chi connectivity index (χ3n) is 4.51. The fourth-order valence-electron chi connectivity index (χ4n) is 3.04. The Kier molecular flexibility index (Phi) is 6.40. The van der Waals surface area contributed by atoms with E-state index in [1.165, 1.54) is 17.8 Å². The van der Waals surface area contributed by atoms with Gasteiger partial charge >= 0.3 is 0 Å². The van der Waals surface area contributed by atoms with Gasteiger partial charge in [-0.15, -0.1) is 0 Å². The molecule has 0 radical (unpaired) electrons. The lowest BCUT2D eigenvalue weighted by molar-refractivity contribution is -0.133. The summed E-state index contributed by atoms with van der Waals surface area (Å²) in [7, 11) is 0. The highest BCUT2D eigenvalue weighted by atomic mass is 16.6. The van der Waals surface area contributed by atoms with Crippen LogP contribution in [-0.4, -0.2) is 66.6 Å². The number of fused-ring (bicyclic) bond motifs is 1. The summed E-state index contributed by atoms with van der Waals surface area (Å²) in [6, 6.07) is 0. The quantitative estimate of drug-likeness (QED) is 0.371. The minimum Gasteiger partial charge on any atom is -0.387 e. The number of hydrogen-bond acceptors (Lipinski definition) is 10. The predicted molar refractivity (Wildman–Crippen MR) is 108 cm³/mol. The fourth-order valence-corrected chi connectivity index (χ4v) is 3.04. The van der Waals surface area contributed by atoms with Crippen molar-refractivity contribution in [3.05, 3.63) is 6.33 Å². The van der Waals surface area contributed by atoms with Crippen LogP contribution in [0.25, 0.3) is 11.2 Å². The summed E-state index contributed by atoms with van der Waals surface area (Å²) in [5.74, 6) is 0.845. The minimum absolute atomic E-state index is 0.242. The Morgan fingerprint density at radius 3 is 2.76 bits per heavy atom. The smallest absolute Gasteiger partial charge is 0.247 e. The van der Waals surface area contributed by atoms with Gasteiger partial charge in [-0.3, -0.25) is 9.36 Å². The highest BCUT2D eigenvalue weighted by molar-refractivity contribution is 5.84. The summed E-state index contributed by atoms with van der Waals surface area (Å²) in [4.78, 5) is 24.8. The summed E-state index contributed by atoms with van der Waals surface area (Å²) in [6.45, 7) is 8.02. The van der Waals surface area contributed by atoms with Gasteiger partial charge < -0.3 is 20.3 Å². The number of anilines is 2. The van der Waals surface area contributed by atoms with Crippen molar-refractivity contribution in [2.75, 3.05) is 17.3 Å². The molecule has 0 bridgehead atoms. The standard InChI is InChI=1S/C18H27N7O4/c1-5-19-15-11-16(23-18(22-15)24-21-7-6-9(2)3)25(8-20-11)17-13(28)12(27)14(29-17)10(4)26/h7-9,12-14,17,27-28H,5-6H2,1-4H3,(H2,19,22,23,24)/b21-7-/t12-,13+,14+,17+/m0/s1. The second kappa shape index (κ2) is 8.80. The van der Waals surface area contributed by atoms with Gasteiger partial charge in [-0.1, -0.05) is 13.8 Å². The zero-order valence-corrected chi connectivity index (χ0v) is 16.9. The monoisotopic (exact) mass is 405 g/mol. The molecule has 3 rings (SSSR count). The molecule has 0 saturated carbocycles. The van der Waals surface area contributed by atoms with Gasteiger partial charge in [0.15, 0.2) is 29.0 Å². The van der Waals surface area contributed by atoms with Crippen molar-refractivity contribution in [1.82, 2.24) is 19.5 Å². The number of nitrogens with zero attached hydrogens (tertiary/aromatic N) is 5. The highest BCUT2D eigenvalue weighted by Gasteiger charge is 2.46. The molecule has 11 nitrogen and oxygen atoms in total. The number of hydrazone groups is 1. The molecular weight excluding hydrogens is 378 g/mol. The van der Waals surface area contributed by atoms with Crippen LogP contribution in [0.4, 0.5) is 11.8 Å². The van der Waals surface area contributed by atoms with Crippen molar-refractivity contribution in [1.29, 1.82) is 0 Å². The average Bonchev–Trinajstić information content (AvgIpc) is 3.21. The fraction of sp³-hybridized carbons (Fsp3) is 0.611. The number of ketones is 1. The lowest BCUT2D eigenvalue weighted by Gasteiger charge is -2.16. The molecule has 2 aromatic rings. The first-order chi connectivity index (χ1) is 13.8. The molecule has 4 N–H and O–H groups in total. The zero-order chi connectivity index (χ0) is 21.1. The Morgan fingerprint density at radius 1 is 1.38 bits per heavy atom. The molecule has 29 heavy (non-hydrogen) atoms. The Hall–Kier alpha value is -2.63. The van der Waals surface area contributed by atoms with Crippen LogP contribution >= 0.6 is 0 Å². The first kappa shape index (κ1) is 21.1. The van der Waals surface area contributed by atoms with E-state index in [-0.39, 0.29) is 11.7 Å². The van der Waals surface area contributed by atoms with Crippen LogP contribution in [0.15, 0.2) is 11.4 Å². The van der Waals surface area contributed by atoms with Crippen molar-refractivity contribution < 1.29 is 19.7 Å². The van der Waals surface area contributed by atoms with Crippen LogP contribution in [0.3, 0.4) is 0 Å². The minimum atomic E-state index is -1.33. The van der Waals surface area contributed by atoms with E-state index >= 15 is 0 Å². The normalized spacial score (nSPS) is 24.7. The third-order valence-corrected chi connectivity index (χ3v) is 4.51. The van der Waals surface area contributed by atoms with Gasteiger partial charge in [0.25, 0.3) is 0 Å². The SMILES string of the molecule is CCNc1nc(N/N=C\CC(C)C)nc2c1ncn2[C@@H]1O[C@H](C(C)=O)[C@@H](O)[C@H]1O. The number of imidazole rings is 1. The van der Waals surface area contributed by atoms with Crippen LogP contribution in [0.5, 0.6) is 0 Å². The molecule has 0 aromatic carbocycles. The van der Waals surface area contributed by atoms with Crippen molar-refractivity contribution >= 4 is 34.9 Å². The van der Waals surface area contributed by atoms with Gasteiger partial charge in [-0.25, -0.2) is 10.4 Å². The first-order valence-corrected chi connectivity index (χ1v) is 9.61. The lowest BCUT2D eigenvalue weighted by atomic mass is 10.1. The number of aliphatic hydroxyl groups excluding tert-OH is 2. The summed E-state index contributed by atoms with van der Waals surface area (Å²) >= 11 is 0. The molecule has 1 aliphatic rings. The van der Waals surface area contributed by atoms with E-state index in [1.54, 1.807) is 6.21 Å². The predicted octanol–water partition coefficient (Wildman–Crippen LogP) is 0.910. The molecule has 0 unspecified atom stereocenters. The number of carbonyl (C=O) groups excluding carboxylic acids is 1. The van der Waals surface area contributed by atoms with Crippen LogP contribution in [0.2, 0.25) is 0 Å². The van der Waals surface area contributed by atoms with Gasteiger partial charge in [0, 0.05) is 12.8 Å².